The molecule has 9 nitrogen and oxygen atoms in total. The number of benzene rings is 3. The van der Waals surface area contributed by atoms with E-state index in [1.807, 2.05) is 45.0 Å². The molecule has 0 unspecified atom stereocenters. The zero-order valence-electron chi connectivity index (χ0n) is 24.5. The highest BCUT2D eigenvalue weighted by atomic mass is 32.2. The Bertz CT molecular complexity index is 1430. The summed E-state index contributed by atoms with van der Waals surface area (Å²) in [5.74, 6) is -0.220. The first kappa shape index (κ1) is 31.5. The molecule has 2 amide bonds. The predicted octanol–water partition coefficient (Wildman–Crippen LogP) is 4.54. The summed E-state index contributed by atoms with van der Waals surface area (Å²) in [5.41, 5.74) is 2.19. The minimum Gasteiger partial charge on any atom is -0.493 e. The molecule has 0 aliphatic rings. The van der Waals surface area contributed by atoms with Crippen molar-refractivity contribution in [2.24, 2.45) is 0 Å². The Kier molecular flexibility index (Phi) is 10.8. The lowest BCUT2D eigenvalue weighted by molar-refractivity contribution is -0.139. The molecular formula is C31H39N3O6S. The monoisotopic (exact) mass is 581 g/mol. The minimum atomic E-state index is -4.24. The second-order valence-corrected chi connectivity index (χ2v) is 11.7. The number of methoxy groups -OCH3 is 2. The SMILES string of the molecule is CC[C@H](C)NC(=O)[C@@H](C)N(Cc1ccc(C)cc1)C(=O)CN(c1ccccc1)S(=O)(=O)c1ccc(OC)c(OC)c1. The van der Waals surface area contributed by atoms with Crippen LogP contribution in [0.2, 0.25) is 0 Å². The number of nitrogens with zero attached hydrogens (tertiary/aromatic N) is 2. The van der Waals surface area contributed by atoms with E-state index in [-0.39, 0.29) is 29.1 Å². The first-order valence-corrected chi connectivity index (χ1v) is 14.9. The summed E-state index contributed by atoms with van der Waals surface area (Å²) in [4.78, 5) is 28.5. The van der Waals surface area contributed by atoms with E-state index in [0.717, 1.165) is 21.9 Å². The minimum absolute atomic E-state index is 0.0700. The highest BCUT2D eigenvalue weighted by molar-refractivity contribution is 7.92. The number of hydrogen-bond donors (Lipinski definition) is 1. The molecule has 0 aliphatic heterocycles. The van der Waals surface area contributed by atoms with Gasteiger partial charge in [-0.05, 0) is 57.0 Å². The van der Waals surface area contributed by atoms with Crippen molar-refractivity contribution in [1.82, 2.24) is 10.2 Å². The molecule has 0 heterocycles. The molecule has 0 spiro atoms. The number of aryl methyl sites for hydroxylation is 1. The van der Waals surface area contributed by atoms with Crippen LogP contribution in [0.3, 0.4) is 0 Å². The molecule has 0 saturated carbocycles. The lowest BCUT2D eigenvalue weighted by atomic mass is 10.1. The number of sulfonamides is 1. The third-order valence-corrected chi connectivity index (χ3v) is 8.68. The summed E-state index contributed by atoms with van der Waals surface area (Å²) < 4.78 is 39.7. The average molecular weight is 582 g/mol. The van der Waals surface area contributed by atoms with Gasteiger partial charge >= 0.3 is 0 Å². The molecule has 0 bridgehead atoms. The molecule has 0 aromatic heterocycles. The fourth-order valence-corrected chi connectivity index (χ4v) is 5.60. The van der Waals surface area contributed by atoms with Gasteiger partial charge in [0.2, 0.25) is 11.8 Å². The van der Waals surface area contributed by atoms with Crippen molar-refractivity contribution < 1.29 is 27.5 Å². The van der Waals surface area contributed by atoms with Crippen LogP contribution in [0.5, 0.6) is 11.5 Å². The molecule has 0 aliphatic carbocycles. The second-order valence-electron chi connectivity index (χ2n) is 9.87. The van der Waals surface area contributed by atoms with E-state index in [0.29, 0.717) is 11.4 Å². The van der Waals surface area contributed by atoms with E-state index in [4.69, 9.17) is 9.47 Å². The first-order chi connectivity index (χ1) is 19.5. The van der Waals surface area contributed by atoms with Crippen LogP contribution in [0.4, 0.5) is 5.69 Å². The van der Waals surface area contributed by atoms with Crippen LogP contribution in [-0.4, -0.2) is 58.0 Å². The van der Waals surface area contributed by atoms with Crippen LogP contribution >= 0.6 is 0 Å². The Morgan fingerprint density at radius 1 is 0.902 bits per heavy atom. The number of para-hydroxylation sites is 1. The summed E-state index contributed by atoms with van der Waals surface area (Å²) in [6, 6.07) is 19.4. The zero-order valence-corrected chi connectivity index (χ0v) is 25.3. The van der Waals surface area contributed by atoms with E-state index in [1.165, 1.54) is 37.3 Å². The summed E-state index contributed by atoms with van der Waals surface area (Å²) in [6.45, 7) is 7.08. The van der Waals surface area contributed by atoms with Gasteiger partial charge in [-0.2, -0.15) is 0 Å². The number of amides is 2. The molecule has 3 aromatic rings. The Morgan fingerprint density at radius 3 is 2.12 bits per heavy atom. The largest absolute Gasteiger partial charge is 0.493 e. The maximum absolute atomic E-state index is 14.0. The van der Waals surface area contributed by atoms with Crippen LogP contribution in [0.15, 0.2) is 77.7 Å². The number of ether oxygens (including phenoxy) is 2. The quantitative estimate of drug-likeness (QED) is 0.318. The molecule has 41 heavy (non-hydrogen) atoms. The van der Waals surface area contributed by atoms with E-state index in [2.05, 4.69) is 5.32 Å². The van der Waals surface area contributed by atoms with E-state index < -0.39 is 28.5 Å². The molecule has 0 saturated heterocycles. The van der Waals surface area contributed by atoms with Crippen molar-refractivity contribution >= 4 is 27.5 Å². The maximum atomic E-state index is 14.0. The Labute approximate surface area is 243 Å². The molecular weight excluding hydrogens is 542 g/mol. The van der Waals surface area contributed by atoms with Gasteiger partial charge in [0.05, 0.1) is 24.8 Å². The second kappa shape index (κ2) is 14.0. The molecule has 220 valence electrons. The van der Waals surface area contributed by atoms with Gasteiger partial charge in [0.1, 0.15) is 12.6 Å². The fourth-order valence-electron chi connectivity index (χ4n) is 4.17. The van der Waals surface area contributed by atoms with Gasteiger partial charge in [0, 0.05) is 18.7 Å². The van der Waals surface area contributed by atoms with Crippen LogP contribution in [0, 0.1) is 6.92 Å². The number of carbonyl (C=O) groups is 2. The molecule has 0 fully saturated rings. The number of anilines is 1. The highest BCUT2D eigenvalue weighted by Crippen LogP contribution is 2.32. The van der Waals surface area contributed by atoms with Crippen LogP contribution < -0.4 is 19.1 Å². The Hall–Kier alpha value is -4.05. The lowest BCUT2D eigenvalue weighted by Gasteiger charge is -2.32. The van der Waals surface area contributed by atoms with Gasteiger partial charge in [-0.15, -0.1) is 0 Å². The molecule has 3 aromatic carbocycles. The smallest absolute Gasteiger partial charge is 0.264 e. The Balaban J connectivity index is 2.03. The van der Waals surface area contributed by atoms with Gasteiger partial charge in [-0.25, -0.2) is 8.42 Å². The van der Waals surface area contributed by atoms with Crippen molar-refractivity contribution in [3.63, 3.8) is 0 Å². The molecule has 10 heteroatoms. The number of nitrogens with one attached hydrogen (secondary N) is 1. The molecule has 3 rings (SSSR count). The van der Waals surface area contributed by atoms with Gasteiger partial charge < -0.3 is 19.7 Å². The fraction of sp³-hybridized carbons (Fsp3) is 0.355. The van der Waals surface area contributed by atoms with Crippen molar-refractivity contribution in [1.29, 1.82) is 0 Å². The third-order valence-electron chi connectivity index (χ3n) is 6.91. The third kappa shape index (κ3) is 7.79. The van der Waals surface area contributed by atoms with E-state index in [1.54, 1.807) is 37.3 Å². The van der Waals surface area contributed by atoms with Crippen molar-refractivity contribution in [2.75, 3.05) is 25.1 Å². The molecule has 2 atom stereocenters. The van der Waals surface area contributed by atoms with Gasteiger partial charge in [0.25, 0.3) is 10.0 Å². The highest BCUT2D eigenvalue weighted by Gasteiger charge is 2.33. The van der Waals surface area contributed by atoms with Crippen molar-refractivity contribution in [2.45, 2.75) is 57.6 Å². The predicted molar refractivity (Wildman–Crippen MR) is 160 cm³/mol. The maximum Gasteiger partial charge on any atom is 0.264 e. The Morgan fingerprint density at radius 2 is 1.54 bits per heavy atom. The first-order valence-electron chi connectivity index (χ1n) is 13.5. The summed E-state index contributed by atoms with van der Waals surface area (Å²) in [7, 11) is -1.36. The summed E-state index contributed by atoms with van der Waals surface area (Å²) >= 11 is 0. The van der Waals surface area contributed by atoms with Gasteiger partial charge in [-0.3, -0.25) is 13.9 Å². The topological polar surface area (TPSA) is 105 Å². The van der Waals surface area contributed by atoms with Gasteiger partial charge in [0.15, 0.2) is 11.5 Å². The lowest BCUT2D eigenvalue weighted by Crippen LogP contribution is -2.52. The van der Waals surface area contributed by atoms with Crippen LogP contribution in [0.25, 0.3) is 0 Å². The molecule has 0 radical (unpaired) electrons. The number of carbonyl (C=O) groups excluding carboxylic acids is 2. The molecule has 1 N–H and O–H groups in total. The number of rotatable bonds is 13. The van der Waals surface area contributed by atoms with Crippen LogP contribution in [0.1, 0.15) is 38.3 Å². The summed E-state index contributed by atoms with van der Waals surface area (Å²) in [6.07, 6.45) is 0.732. The summed E-state index contributed by atoms with van der Waals surface area (Å²) in [5, 5.41) is 2.93. The zero-order chi connectivity index (χ0) is 30.2. The van der Waals surface area contributed by atoms with E-state index >= 15 is 0 Å². The van der Waals surface area contributed by atoms with Crippen LogP contribution in [-0.2, 0) is 26.2 Å². The average Bonchev–Trinajstić information content (AvgIpc) is 2.98. The number of hydrogen-bond acceptors (Lipinski definition) is 6. The van der Waals surface area contributed by atoms with Crippen molar-refractivity contribution in [3.05, 3.63) is 83.9 Å². The normalized spacial score (nSPS) is 12.6. The standard InChI is InChI=1S/C31H39N3O6S/c1-7-23(3)32-31(36)24(4)33(20-25-15-13-22(2)14-16-25)30(35)21-34(26-11-9-8-10-12-26)41(37,38)27-17-18-28(39-5)29(19-27)40-6/h8-19,23-24H,7,20-21H2,1-6H3,(H,32,36)/t23-,24+/m0/s1. The van der Waals surface area contributed by atoms with E-state index in [9.17, 15) is 18.0 Å². The van der Waals surface area contributed by atoms with Crippen molar-refractivity contribution in [3.8, 4) is 11.5 Å². The van der Waals surface area contributed by atoms with Gasteiger partial charge in [-0.1, -0.05) is 55.0 Å².